The molecule has 2 aromatic carbocycles. The third kappa shape index (κ3) is 2.59. The number of ketones is 1. The van der Waals surface area contributed by atoms with Crippen LogP contribution in [0.4, 0.5) is 5.69 Å². The first-order valence-corrected chi connectivity index (χ1v) is 9.40. The fourth-order valence-corrected chi connectivity index (χ4v) is 5.21. The number of Topliss-reactive ketones (excluding diaryl/α,β-unsaturated/α-hetero) is 1. The molecule has 0 spiro atoms. The van der Waals surface area contributed by atoms with E-state index < -0.39 is 0 Å². The fraction of sp³-hybridized carbons (Fsp3) is 0.435. The first-order chi connectivity index (χ1) is 12.0. The van der Waals surface area contributed by atoms with Crippen LogP contribution in [0.1, 0.15) is 38.8 Å². The fourth-order valence-electron chi connectivity index (χ4n) is 5.21. The average molecular weight is 333 g/mol. The Morgan fingerprint density at radius 2 is 1.60 bits per heavy atom. The van der Waals surface area contributed by atoms with Crippen molar-refractivity contribution in [1.29, 1.82) is 0 Å². The monoisotopic (exact) mass is 333 g/mol. The number of nitrogens with one attached hydrogen (secondary N) is 1. The van der Waals surface area contributed by atoms with E-state index in [0.717, 1.165) is 12.1 Å². The van der Waals surface area contributed by atoms with Gasteiger partial charge in [-0.3, -0.25) is 4.79 Å². The topological polar surface area (TPSA) is 29.1 Å². The van der Waals surface area contributed by atoms with Crippen molar-refractivity contribution in [3.05, 3.63) is 66.2 Å². The maximum atomic E-state index is 13.2. The molecule has 2 aliphatic carbocycles. The summed E-state index contributed by atoms with van der Waals surface area (Å²) in [6, 6.07) is 20.8. The summed E-state index contributed by atoms with van der Waals surface area (Å²) in [6.45, 7) is 6.97. The van der Waals surface area contributed by atoms with Crippen molar-refractivity contribution >= 4 is 11.5 Å². The first-order valence-electron chi connectivity index (χ1n) is 9.40. The largest absolute Gasteiger partial charge is 0.377 e. The molecule has 0 amide bonds. The summed E-state index contributed by atoms with van der Waals surface area (Å²) in [5, 5.41) is 3.68. The predicted octanol–water partition coefficient (Wildman–Crippen LogP) is 5.34. The van der Waals surface area contributed by atoms with Gasteiger partial charge >= 0.3 is 0 Å². The Morgan fingerprint density at radius 3 is 2.20 bits per heavy atom. The SMILES string of the molecule is C[C@H]1[C@@H]2C[C@@H]([C@H]([C@H](Nc3ccccc3)c3ccccc3)C2=O)C1(C)C. The quantitative estimate of drug-likeness (QED) is 0.818. The van der Waals surface area contributed by atoms with Gasteiger partial charge in [0.1, 0.15) is 5.78 Å². The minimum atomic E-state index is 0.0397. The number of carbonyl (C=O) groups is 1. The van der Waals surface area contributed by atoms with Crippen LogP contribution < -0.4 is 5.32 Å². The first kappa shape index (κ1) is 16.4. The zero-order valence-corrected chi connectivity index (χ0v) is 15.3. The zero-order valence-electron chi connectivity index (χ0n) is 15.3. The highest BCUT2D eigenvalue weighted by molar-refractivity contribution is 5.89. The highest BCUT2D eigenvalue weighted by Gasteiger charge is 2.61. The molecule has 0 heterocycles. The Labute approximate surface area is 150 Å². The minimum Gasteiger partial charge on any atom is -0.377 e. The Balaban J connectivity index is 1.73. The lowest BCUT2D eigenvalue weighted by Crippen LogP contribution is -2.43. The van der Waals surface area contributed by atoms with Gasteiger partial charge in [-0.05, 0) is 41.4 Å². The van der Waals surface area contributed by atoms with Gasteiger partial charge in [0, 0.05) is 17.5 Å². The number of carbonyl (C=O) groups excluding carboxylic acids is 1. The normalized spacial score (nSPS) is 31.1. The molecule has 0 aromatic heterocycles. The summed E-state index contributed by atoms with van der Waals surface area (Å²) in [6.07, 6.45) is 1.05. The third-order valence-electron chi connectivity index (χ3n) is 6.98. The number of benzene rings is 2. The van der Waals surface area contributed by atoms with Gasteiger partial charge in [-0.25, -0.2) is 0 Å². The van der Waals surface area contributed by atoms with Crippen molar-refractivity contribution in [1.82, 2.24) is 0 Å². The van der Waals surface area contributed by atoms with Crippen molar-refractivity contribution in [2.45, 2.75) is 33.2 Å². The predicted molar refractivity (Wildman–Crippen MR) is 102 cm³/mol. The summed E-state index contributed by atoms with van der Waals surface area (Å²) >= 11 is 0. The molecule has 1 N–H and O–H groups in total. The number of hydrogen-bond donors (Lipinski definition) is 1. The minimum absolute atomic E-state index is 0.0397. The third-order valence-corrected chi connectivity index (χ3v) is 6.98. The Morgan fingerprint density at radius 1 is 1.00 bits per heavy atom. The van der Waals surface area contributed by atoms with Gasteiger partial charge in [-0.1, -0.05) is 69.3 Å². The van der Waals surface area contributed by atoms with E-state index in [1.807, 2.05) is 24.3 Å². The summed E-state index contributed by atoms with van der Waals surface area (Å²) in [5.74, 6) is 1.68. The van der Waals surface area contributed by atoms with Gasteiger partial charge in [0.2, 0.25) is 0 Å². The molecule has 5 atom stereocenters. The molecule has 2 saturated carbocycles. The summed E-state index contributed by atoms with van der Waals surface area (Å²) < 4.78 is 0. The van der Waals surface area contributed by atoms with Crippen LogP contribution in [0.15, 0.2) is 60.7 Å². The van der Waals surface area contributed by atoms with Crippen LogP contribution >= 0.6 is 0 Å². The second-order valence-electron chi connectivity index (χ2n) is 8.39. The molecule has 2 heteroatoms. The van der Waals surface area contributed by atoms with Crippen LogP contribution in [0.5, 0.6) is 0 Å². The van der Waals surface area contributed by atoms with Crippen LogP contribution in [-0.2, 0) is 4.79 Å². The summed E-state index contributed by atoms with van der Waals surface area (Å²) in [4.78, 5) is 13.2. The van der Waals surface area contributed by atoms with E-state index in [9.17, 15) is 4.79 Å². The van der Waals surface area contributed by atoms with Crippen molar-refractivity contribution in [2.75, 3.05) is 5.32 Å². The van der Waals surface area contributed by atoms with Crippen molar-refractivity contribution in [3.63, 3.8) is 0 Å². The molecule has 2 bridgehead atoms. The number of rotatable bonds is 4. The van der Waals surface area contributed by atoms with Crippen molar-refractivity contribution in [2.24, 2.45) is 29.1 Å². The van der Waals surface area contributed by atoms with Gasteiger partial charge < -0.3 is 5.32 Å². The second-order valence-corrected chi connectivity index (χ2v) is 8.39. The highest BCUT2D eigenvalue weighted by atomic mass is 16.1. The number of hydrogen-bond acceptors (Lipinski definition) is 2. The Kier molecular flexibility index (Phi) is 3.94. The van der Waals surface area contributed by atoms with E-state index in [1.165, 1.54) is 5.56 Å². The molecule has 0 radical (unpaired) electrons. The van der Waals surface area contributed by atoms with Crippen LogP contribution in [0.2, 0.25) is 0 Å². The van der Waals surface area contributed by atoms with Crippen molar-refractivity contribution in [3.8, 4) is 0 Å². The highest BCUT2D eigenvalue weighted by Crippen LogP contribution is 2.62. The molecular formula is C23H27NO. The molecule has 4 rings (SSSR count). The van der Waals surface area contributed by atoms with Crippen LogP contribution in [0.25, 0.3) is 0 Å². The van der Waals surface area contributed by atoms with E-state index in [0.29, 0.717) is 17.6 Å². The number of anilines is 1. The lowest BCUT2D eigenvalue weighted by atomic mass is 9.62. The van der Waals surface area contributed by atoms with Crippen LogP contribution in [-0.4, -0.2) is 5.78 Å². The van der Waals surface area contributed by atoms with Crippen molar-refractivity contribution < 1.29 is 4.79 Å². The molecule has 2 aliphatic rings. The molecule has 0 unspecified atom stereocenters. The summed E-state index contributed by atoms with van der Waals surface area (Å²) in [7, 11) is 0. The van der Waals surface area contributed by atoms with Gasteiger partial charge in [-0.2, -0.15) is 0 Å². The molecule has 2 nitrogen and oxygen atoms in total. The maximum absolute atomic E-state index is 13.2. The van der Waals surface area contributed by atoms with Gasteiger partial charge in [0.05, 0.1) is 6.04 Å². The molecule has 0 aliphatic heterocycles. The van der Waals surface area contributed by atoms with Crippen LogP contribution in [0, 0.1) is 29.1 Å². The van der Waals surface area contributed by atoms with Gasteiger partial charge in [0.15, 0.2) is 0 Å². The molecular weight excluding hydrogens is 306 g/mol. The Hall–Kier alpha value is -2.09. The maximum Gasteiger partial charge on any atom is 0.142 e. The molecule has 2 aromatic rings. The van der Waals surface area contributed by atoms with E-state index in [2.05, 4.69) is 62.5 Å². The molecule has 25 heavy (non-hydrogen) atoms. The number of para-hydroxylation sites is 1. The van der Waals surface area contributed by atoms with E-state index in [1.54, 1.807) is 0 Å². The standard InChI is InChI=1S/C23H27NO/c1-15-18-14-19(23(15,2)3)20(22(18)25)21(16-10-6-4-7-11-16)24-17-12-8-5-9-13-17/h4-13,15,18-21,24H,14H2,1-3H3/t15-,18-,19-,20+,21+/m0/s1. The zero-order chi connectivity index (χ0) is 17.6. The Bertz CT molecular complexity index is 752. The van der Waals surface area contributed by atoms with Crippen LogP contribution in [0.3, 0.4) is 0 Å². The second kappa shape index (κ2) is 6.01. The number of fused-ring (bicyclic) bond motifs is 2. The van der Waals surface area contributed by atoms with E-state index >= 15 is 0 Å². The summed E-state index contributed by atoms with van der Waals surface area (Å²) in [5.41, 5.74) is 2.51. The molecule has 130 valence electrons. The van der Waals surface area contributed by atoms with E-state index in [4.69, 9.17) is 0 Å². The van der Waals surface area contributed by atoms with Gasteiger partial charge in [0.25, 0.3) is 0 Å². The molecule has 2 fully saturated rings. The lowest BCUT2D eigenvalue weighted by molar-refractivity contribution is -0.131. The smallest absolute Gasteiger partial charge is 0.142 e. The average Bonchev–Trinajstić information content (AvgIpc) is 3.08. The van der Waals surface area contributed by atoms with E-state index in [-0.39, 0.29) is 23.3 Å². The van der Waals surface area contributed by atoms with Gasteiger partial charge in [-0.15, -0.1) is 0 Å². The molecule has 0 saturated heterocycles. The lowest BCUT2D eigenvalue weighted by Gasteiger charge is -2.43.